The first-order valence-electron chi connectivity index (χ1n) is 12.0. The minimum absolute atomic E-state index is 0.0432. The number of aryl methyl sites for hydroxylation is 3. The number of piperidine rings is 1. The van der Waals surface area contributed by atoms with Crippen LogP contribution in [0.3, 0.4) is 0 Å². The van der Waals surface area contributed by atoms with Gasteiger partial charge in [-0.15, -0.1) is 0 Å². The van der Waals surface area contributed by atoms with Gasteiger partial charge in [0.2, 0.25) is 11.8 Å². The molecule has 0 unspecified atom stereocenters. The second-order valence-electron chi connectivity index (χ2n) is 9.41. The van der Waals surface area contributed by atoms with E-state index >= 15 is 0 Å². The molecule has 0 spiro atoms. The molecule has 1 N–H and O–H groups in total. The van der Waals surface area contributed by atoms with Crippen LogP contribution >= 0.6 is 0 Å². The van der Waals surface area contributed by atoms with E-state index in [4.69, 9.17) is 0 Å². The summed E-state index contributed by atoms with van der Waals surface area (Å²) in [5.74, 6) is -0.0505. The lowest BCUT2D eigenvalue weighted by molar-refractivity contribution is -0.133. The number of nitrogens with one attached hydrogen (secondary N) is 1. The topological polar surface area (TPSA) is 86.8 Å². The van der Waals surface area contributed by atoms with E-state index in [1.807, 2.05) is 37.8 Å². The maximum absolute atomic E-state index is 13.1. The summed E-state index contributed by atoms with van der Waals surface area (Å²) in [6.45, 7) is 7.83. The first-order valence-corrected chi connectivity index (χ1v) is 13.5. The fraction of sp³-hybridized carbons (Fsp3) is 0.462. The van der Waals surface area contributed by atoms with Crippen LogP contribution in [0.4, 0.5) is 11.4 Å². The van der Waals surface area contributed by atoms with Gasteiger partial charge in [-0.05, 0) is 81.3 Å². The first-order chi connectivity index (χ1) is 16.2. The minimum Gasteiger partial charge on any atom is -0.343 e. The highest BCUT2D eigenvalue weighted by Gasteiger charge is 2.28. The summed E-state index contributed by atoms with van der Waals surface area (Å²) in [6.07, 6.45) is 4.20. The Morgan fingerprint density at radius 3 is 2.21 bits per heavy atom. The number of hydrogen-bond donors (Lipinski definition) is 1. The van der Waals surface area contributed by atoms with E-state index in [0.29, 0.717) is 18.7 Å². The third kappa shape index (κ3) is 5.12. The molecule has 1 saturated heterocycles. The number of carbonyl (C=O) groups is 2. The zero-order valence-electron chi connectivity index (χ0n) is 20.2. The van der Waals surface area contributed by atoms with Crippen molar-refractivity contribution in [2.45, 2.75) is 64.2 Å². The Bertz CT molecular complexity index is 1190. The molecule has 182 valence electrons. The van der Waals surface area contributed by atoms with Crippen LogP contribution in [0, 0.1) is 20.8 Å². The van der Waals surface area contributed by atoms with Gasteiger partial charge >= 0.3 is 0 Å². The Labute approximate surface area is 202 Å². The molecule has 2 heterocycles. The van der Waals surface area contributed by atoms with Crippen molar-refractivity contribution in [3.8, 4) is 0 Å². The predicted molar refractivity (Wildman–Crippen MR) is 134 cm³/mol. The highest BCUT2D eigenvalue weighted by atomic mass is 32.2. The Morgan fingerprint density at radius 1 is 0.882 bits per heavy atom. The van der Waals surface area contributed by atoms with Crippen molar-refractivity contribution >= 4 is 33.2 Å². The molecule has 2 amide bonds. The number of amides is 2. The van der Waals surface area contributed by atoms with Gasteiger partial charge in [0.15, 0.2) is 0 Å². The second-order valence-corrected chi connectivity index (χ2v) is 11.1. The van der Waals surface area contributed by atoms with Crippen LogP contribution in [0.1, 0.15) is 54.4 Å². The lowest BCUT2D eigenvalue weighted by Crippen LogP contribution is -2.37. The molecular formula is C26H33N3O4S. The fourth-order valence-electron chi connectivity index (χ4n) is 4.99. The van der Waals surface area contributed by atoms with Gasteiger partial charge in [-0.25, -0.2) is 8.42 Å². The van der Waals surface area contributed by atoms with Gasteiger partial charge in [-0.1, -0.05) is 17.7 Å². The molecule has 7 nitrogen and oxygen atoms in total. The van der Waals surface area contributed by atoms with Crippen molar-refractivity contribution in [2.24, 2.45) is 0 Å². The highest BCUT2D eigenvalue weighted by Crippen LogP contribution is 2.32. The number of rotatable bonds is 6. The third-order valence-electron chi connectivity index (χ3n) is 6.73. The van der Waals surface area contributed by atoms with Gasteiger partial charge in [0.05, 0.1) is 10.6 Å². The Kier molecular flexibility index (Phi) is 6.98. The van der Waals surface area contributed by atoms with Gasteiger partial charge in [0, 0.05) is 38.2 Å². The Morgan fingerprint density at radius 2 is 1.53 bits per heavy atom. The predicted octanol–water partition coefficient (Wildman–Crippen LogP) is 4.09. The molecule has 2 aromatic rings. The van der Waals surface area contributed by atoms with E-state index < -0.39 is 10.0 Å². The molecule has 0 bridgehead atoms. The summed E-state index contributed by atoms with van der Waals surface area (Å²) in [5.41, 5.74) is 4.99. The second kappa shape index (κ2) is 9.78. The standard InChI is InChI=1S/C26H33N3O4S/c1-18-15-19(2)26(20(3)16-18)27-34(32,33)22-7-8-23-21(17-22)11-14-29(23)25(31)10-9-24(30)28-12-5-4-6-13-28/h7-8,15-17,27H,4-6,9-14H2,1-3H3. The normalized spacial score (nSPS) is 15.9. The SMILES string of the molecule is Cc1cc(C)c(NS(=O)(=O)c2ccc3c(c2)CCN3C(=O)CCC(=O)N2CCCCC2)c(C)c1. The molecular weight excluding hydrogens is 450 g/mol. The number of hydrogen-bond acceptors (Lipinski definition) is 4. The summed E-state index contributed by atoms with van der Waals surface area (Å²) in [5, 5.41) is 0. The molecule has 0 radical (unpaired) electrons. The van der Waals surface area contributed by atoms with Crippen molar-refractivity contribution < 1.29 is 18.0 Å². The van der Waals surface area contributed by atoms with E-state index in [0.717, 1.165) is 60.3 Å². The lowest BCUT2D eigenvalue weighted by Gasteiger charge is -2.27. The number of nitrogens with zero attached hydrogens (tertiary/aromatic N) is 2. The monoisotopic (exact) mass is 483 g/mol. The van der Waals surface area contributed by atoms with Gasteiger partial charge in [-0.3, -0.25) is 14.3 Å². The van der Waals surface area contributed by atoms with E-state index in [1.165, 1.54) is 0 Å². The number of fused-ring (bicyclic) bond motifs is 1. The summed E-state index contributed by atoms with van der Waals surface area (Å²) < 4.78 is 28.9. The van der Waals surface area contributed by atoms with Crippen LogP contribution in [0.25, 0.3) is 0 Å². The molecule has 2 aliphatic rings. The van der Waals surface area contributed by atoms with Crippen LogP contribution < -0.4 is 9.62 Å². The summed E-state index contributed by atoms with van der Waals surface area (Å²) >= 11 is 0. The molecule has 2 aliphatic heterocycles. The first kappa shape index (κ1) is 24.3. The molecule has 34 heavy (non-hydrogen) atoms. The smallest absolute Gasteiger partial charge is 0.261 e. The zero-order chi connectivity index (χ0) is 24.5. The molecule has 0 aliphatic carbocycles. The fourth-order valence-corrected chi connectivity index (χ4v) is 6.24. The summed E-state index contributed by atoms with van der Waals surface area (Å²) in [7, 11) is -3.77. The van der Waals surface area contributed by atoms with E-state index in [1.54, 1.807) is 23.1 Å². The van der Waals surface area contributed by atoms with Gasteiger partial charge in [0.25, 0.3) is 10.0 Å². The Hall–Kier alpha value is -2.87. The molecule has 1 fully saturated rings. The highest BCUT2D eigenvalue weighted by molar-refractivity contribution is 7.92. The number of benzene rings is 2. The van der Waals surface area contributed by atoms with Crippen LogP contribution in [-0.2, 0) is 26.0 Å². The third-order valence-corrected chi connectivity index (χ3v) is 8.08. The quantitative estimate of drug-likeness (QED) is 0.670. The van der Waals surface area contributed by atoms with Crippen molar-refractivity contribution in [2.75, 3.05) is 29.3 Å². The maximum Gasteiger partial charge on any atom is 0.261 e. The zero-order valence-corrected chi connectivity index (χ0v) is 21.0. The maximum atomic E-state index is 13.1. The molecule has 2 aromatic carbocycles. The van der Waals surface area contributed by atoms with Gasteiger partial charge < -0.3 is 9.80 Å². The minimum atomic E-state index is -3.77. The molecule has 0 aromatic heterocycles. The molecule has 4 rings (SSSR count). The number of sulfonamides is 1. The van der Waals surface area contributed by atoms with E-state index in [9.17, 15) is 18.0 Å². The molecule has 0 saturated carbocycles. The van der Waals surface area contributed by atoms with Crippen molar-refractivity contribution in [1.29, 1.82) is 0 Å². The average Bonchev–Trinajstić information content (AvgIpc) is 3.24. The van der Waals surface area contributed by atoms with Crippen LogP contribution in [0.5, 0.6) is 0 Å². The van der Waals surface area contributed by atoms with Gasteiger partial charge in [-0.2, -0.15) is 0 Å². The summed E-state index contributed by atoms with van der Waals surface area (Å²) in [6, 6.07) is 8.81. The van der Waals surface area contributed by atoms with Crippen molar-refractivity contribution in [1.82, 2.24) is 4.90 Å². The summed E-state index contributed by atoms with van der Waals surface area (Å²) in [4.78, 5) is 29.0. The largest absolute Gasteiger partial charge is 0.343 e. The lowest BCUT2D eigenvalue weighted by atomic mass is 10.1. The molecule has 8 heteroatoms. The number of anilines is 2. The Balaban J connectivity index is 1.44. The van der Waals surface area contributed by atoms with Crippen molar-refractivity contribution in [3.63, 3.8) is 0 Å². The van der Waals surface area contributed by atoms with Crippen molar-refractivity contribution in [3.05, 3.63) is 52.6 Å². The van der Waals surface area contributed by atoms with Crippen LogP contribution in [0.2, 0.25) is 0 Å². The van der Waals surface area contributed by atoms with E-state index in [2.05, 4.69) is 4.72 Å². The van der Waals surface area contributed by atoms with Gasteiger partial charge in [0.1, 0.15) is 0 Å². The average molecular weight is 484 g/mol. The number of likely N-dealkylation sites (tertiary alicyclic amines) is 1. The van der Waals surface area contributed by atoms with Crippen LogP contribution in [0.15, 0.2) is 35.2 Å². The van der Waals surface area contributed by atoms with Crippen LogP contribution in [-0.4, -0.2) is 44.8 Å². The number of carbonyl (C=O) groups excluding carboxylic acids is 2. The molecule has 0 atom stereocenters. The van der Waals surface area contributed by atoms with E-state index in [-0.39, 0.29) is 29.6 Å².